The molecule has 0 spiro atoms. The lowest BCUT2D eigenvalue weighted by Gasteiger charge is -2.16. The first-order valence-corrected chi connectivity index (χ1v) is 5.26. The molecule has 1 aromatic heterocycles. The SMILES string of the molecule is O=[N+]([O-])C=C1N=CCN1Cc1ccc(Cl)nc1. The molecule has 0 amide bonds. The molecular formula is C10H9ClN4O2. The monoisotopic (exact) mass is 252 g/mol. The van der Waals surface area contributed by atoms with Gasteiger partial charge in [-0.25, -0.2) is 9.98 Å². The van der Waals surface area contributed by atoms with Gasteiger partial charge in [0.15, 0.2) is 5.82 Å². The average molecular weight is 253 g/mol. The van der Waals surface area contributed by atoms with Crippen LogP contribution in [0.15, 0.2) is 35.3 Å². The Labute approximate surface area is 102 Å². The maximum Gasteiger partial charge on any atom is 0.276 e. The van der Waals surface area contributed by atoms with Gasteiger partial charge in [0, 0.05) is 19.0 Å². The summed E-state index contributed by atoms with van der Waals surface area (Å²) in [6.45, 7) is 1.08. The summed E-state index contributed by atoms with van der Waals surface area (Å²) >= 11 is 5.68. The largest absolute Gasteiger partial charge is 0.342 e. The lowest BCUT2D eigenvalue weighted by atomic mass is 10.2. The zero-order valence-corrected chi connectivity index (χ0v) is 9.54. The van der Waals surface area contributed by atoms with Crippen LogP contribution in [0.2, 0.25) is 5.15 Å². The third kappa shape index (κ3) is 3.01. The van der Waals surface area contributed by atoms with Crippen LogP contribution in [-0.2, 0) is 6.54 Å². The second kappa shape index (κ2) is 4.92. The topological polar surface area (TPSA) is 71.6 Å². The normalized spacial score (nSPS) is 16.8. The molecule has 0 fully saturated rings. The molecule has 0 bridgehead atoms. The zero-order valence-electron chi connectivity index (χ0n) is 8.78. The number of hydrogen-bond donors (Lipinski definition) is 0. The van der Waals surface area contributed by atoms with Crippen LogP contribution in [0.4, 0.5) is 0 Å². The summed E-state index contributed by atoms with van der Waals surface area (Å²) < 4.78 is 0. The minimum absolute atomic E-state index is 0.352. The van der Waals surface area contributed by atoms with Crippen LogP contribution in [0.1, 0.15) is 5.56 Å². The van der Waals surface area contributed by atoms with Gasteiger partial charge in [-0.1, -0.05) is 17.7 Å². The number of aromatic nitrogens is 1. The maximum absolute atomic E-state index is 10.4. The van der Waals surface area contributed by atoms with Crippen molar-refractivity contribution >= 4 is 17.8 Å². The van der Waals surface area contributed by atoms with Gasteiger partial charge < -0.3 is 4.90 Å². The second-order valence-corrected chi connectivity index (χ2v) is 3.84. The first kappa shape index (κ1) is 11.5. The van der Waals surface area contributed by atoms with Crippen molar-refractivity contribution in [2.75, 3.05) is 6.54 Å². The van der Waals surface area contributed by atoms with Crippen molar-refractivity contribution in [2.24, 2.45) is 4.99 Å². The number of aliphatic imine (C=N–C) groups is 1. The average Bonchev–Trinajstić information content (AvgIpc) is 2.68. The minimum Gasteiger partial charge on any atom is -0.342 e. The van der Waals surface area contributed by atoms with Gasteiger partial charge in [0.05, 0.1) is 11.5 Å². The van der Waals surface area contributed by atoms with Crippen LogP contribution in [0.5, 0.6) is 0 Å². The van der Waals surface area contributed by atoms with Crippen molar-refractivity contribution in [1.29, 1.82) is 0 Å². The van der Waals surface area contributed by atoms with Crippen molar-refractivity contribution in [3.8, 4) is 0 Å². The summed E-state index contributed by atoms with van der Waals surface area (Å²) in [5.41, 5.74) is 0.925. The van der Waals surface area contributed by atoms with E-state index in [0.29, 0.717) is 24.1 Å². The van der Waals surface area contributed by atoms with Gasteiger partial charge in [-0.2, -0.15) is 0 Å². The fraction of sp³-hybridized carbons (Fsp3) is 0.200. The number of halogens is 1. The van der Waals surface area contributed by atoms with Crippen molar-refractivity contribution in [3.63, 3.8) is 0 Å². The highest BCUT2D eigenvalue weighted by atomic mass is 35.5. The number of nitro groups is 1. The van der Waals surface area contributed by atoms with E-state index < -0.39 is 4.92 Å². The standard InChI is InChI=1S/C10H9ClN4O2/c11-9-2-1-8(5-13-9)6-14-4-3-12-10(14)7-15(16)17/h1-3,5,7H,4,6H2. The third-order valence-electron chi connectivity index (χ3n) is 2.23. The Bertz CT molecular complexity index is 484. The summed E-state index contributed by atoms with van der Waals surface area (Å²) in [7, 11) is 0. The van der Waals surface area contributed by atoms with Gasteiger partial charge in [-0.3, -0.25) is 10.1 Å². The molecule has 17 heavy (non-hydrogen) atoms. The summed E-state index contributed by atoms with van der Waals surface area (Å²) in [5, 5.41) is 10.8. The van der Waals surface area contributed by atoms with Crippen molar-refractivity contribution < 1.29 is 4.92 Å². The Balaban J connectivity index is 2.09. The second-order valence-electron chi connectivity index (χ2n) is 3.45. The van der Waals surface area contributed by atoms with E-state index in [4.69, 9.17) is 11.6 Å². The summed E-state index contributed by atoms with van der Waals surface area (Å²) in [4.78, 5) is 19.6. The van der Waals surface area contributed by atoms with Crippen LogP contribution >= 0.6 is 11.6 Å². The Morgan fingerprint density at radius 3 is 3.06 bits per heavy atom. The molecule has 1 aliphatic heterocycles. The van der Waals surface area contributed by atoms with E-state index in [9.17, 15) is 10.1 Å². The smallest absolute Gasteiger partial charge is 0.276 e. The molecule has 0 radical (unpaired) electrons. The fourth-order valence-corrected chi connectivity index (χ4v) is 1.60. The molecule has 0 aromatic carbocycles. The van der Waals surface area contributed by atoms with Gasteiger partial charge in [-0.05, 0) is 11.6 Å². The highest BCUT2D eigenvalue weighted by molar-refractivity contribution is 6.29. The lowest BCUT2D eigenvalue weighted by molar-refractivity contribution is -0.404. The molecule has 2 heterocycles. The number of rotatable bonds is 3. The van der Waals surface area contributed by atoms with Crippen molar-refractivity contribution in [1.82, 2.24) is 9.88 Å². The lowest BCUT2D eigenvalue weighted by Crippen LogP contribution is -2.19. The van der Waals surface area contributed by atoms with Gasteiger partial charge in [-0.15, -0.1) is 0 Å². The predicted octanol–water partition coefficient (Wildman–Crippen LogP) is 1.70. The molecule has 1 aromatic rings. The predicted molar refractivity (Wildman–Crippen MR) is 63.2 cm³/mol. The fourth-order valence-electron chi connectivity index (χ4n) is 1.48. The van der Waals surface area contributed by atoms with Gasteiger partial charge >= 0.3 is 0 Å². The molecule has 0 saturated heterocycles. The van der Waals surface area contributed by atoms with Crippen LogP contribution in [0.3, 0.4) is 0 Å². The molecule has 1 aliphatic rings. The summed E-state index contributed by atoms with van der Waals surface area (Å²) in [6.07, 6.45) is 4.18. The number of nitrogens with zero attached hydrogens (tertiary/aromatic N) is 4. The summed E-state index contributed by atoms with van der Waals surface area (Å²) in [5.74, 6) is 0.352. The highest BCUT2D eigenvalue weighted by Crippen LogP contribution is 2.15. The number of pyridine rings is 1. The highest BCUT2D eigenvalue weighted by Gasteiger charge is 2.16. The van der Waals surface area contributed by atoms with E-state index >= 15 is 0 Å². The van der Waals surface area contributed by atoms with E-state index in [1.807, 2.05) is 6.07 Å². The van der Waals surface area contributed by atoms with E-state index in [0.717, 1.165) is 11.8 Å². The van der Waals surface area contributed by atoms with Crippen LogP contribution < -0.4 is 0 Å². The Morgan fingerprint density at radius 1 is 1.59 bits per heavy atom. The molecule has 88 valence electrons. The van der Waals surface area contributed by atoms with E-state index in [-0.39, 0.29) is 0 Å². The van der Waals surface area contributed by atoms with Crippen LogP contribution in [-0.4, -0.2) is 27.6 Å². The Kier molecular flexibility index (Phi) is 3.34. The first-order valence-electron chi connectivity index (χ1n) is 4.88. The molecule has 0 atom stereocenters. The summed E-state index contributed by atoms with van der Waals surface area (Å²) in [6, 6.07) is 3.52. The number of hydrogen-bond acceptors (Lipinski definition) is 5. The molecule has 2 rings (SSSR count). The minimum atomic E-state index is -0.509. The van der Waals surface area contributed by atoms with E-state index in [2.05, 4.69) is 9.98 Å². The van der Waals surface area contributed by atoms with E-state index in [1.165, 1.54) is 0 Å². The van der Waals surface area contributed by atoms with Crippen molar-refractivity contribution in [2.45, 2.75) is 6.54 Å². The van der Waals surface area contributed by atoms with Crippen molar-refractivity contribution in [3.05, 3.63) is 51.2 Å². The van der Waals surface area contributed by atoms with Crippen LogP contribution in [0.25, 0.3) is 0 Å². The first-order chi connectivity index (χ1) is 8.15. The van der Waals surface area contributed by atoms with Gasteiger partial charge in [0.1, 0.15) is 5.15 Å². The van der Waals surface area contributed by atoms with E-state index in [1.54, 1.807) is 23.4 Å². The van der Waals surface area contributed by atoms with Crippen LogP contribution in [0, 0.1) is 10.1 Å². The Hall–Kier alpha value is -1.95. The zero-order chi connectivity index (χ0) is 12.3. The molecule has 0 N–H and O–H groups in total. The van der Waals surface area contributed by atoms with Gasteiger partial charge in [0.2, 0.25) is 0 Å². The quantitative estimate of drug-likeness (QED) is 0.466. The molecule has 7 heteroatoms. The maximum atomic E-state index is 10.4. The molecule has 0 aliphatic carbocycles. The third-order valence-corrected chi connectivity index (χ3v) is 2.46. The molecule has 0 saturated carbocycles. The van der Waals surface area contributed by atoms with Gasteiger partial charge in [0.25, 0.3) is 6.20 Å². The molecular weight excluding hydrogens is 244 g/mol. The molecule has 6 nitrogen and oxygen atoms in total. The Morgan fingerprint density at radius 2 is 2.41 bits per heavy atom. The molecule has 0 unspecified atom stereocenters.